The number of aromatic nitrogens is 1. The number of pyridine rings is 1. The zero-order valence-corrected chi connectivity index (χ0v) is 10.6. The molecule has 1 aromatic heterocycles. The molecule has 0 aliphatic carbocycles. The first kappa shape index (κ1) is 12.0. The lowest BCUT2D eigenvalue weighted by Crippen LogP contribution is -2.43. The topological polar surface area (TPSA) is 45.6 Å². The van der Waals surface area contributed by atoms with E-state index in [1.54, 1.807) is 6.20 Å². The summed E-state index contributed by atoms with van der Waals surface area (Å²) in [6, 6.07) is 4.00. The SMILES string of the molecule is OCC1CN(Cc2ccc(Br)cn2)CCO1. The van der Waals surface area contributed by atoms with E-state index in [1.165, 1.54) is 0 Å². The molecule has 1 aromatic rings. The van der Waals surface area contributed by atoms with Gasteiger partial charge < -0.3 is 9.84 Å². The van der Waals surface area contributed by atoms with E-state index in [1.807, 2.05) is 12.1 Å². The van der Waals surface area contributed by atoms with Gasteiger partial charge in [-0.15, -0.1) is 0 Å². The summed E-state index contributed by atoms with van der Waals surface area (Å²) < 4.78 is 6.39. The smallest absolute Gasteiger partial charge is 0.0933 e. The Morgan fingerprint density at radius 1 is 1.56 bits per heavy atom. The minimum absolute atomic E-state index is 0.0517. The summed E-state index contributed by atoms with van der Waals surface area (Å²) in [5.41, 5.74) is 1.04. The van der Waals surface area contributed by atoms with Crippen LogP contribution >= 0.6 is 15.9 Å². The summed E-state index contributed by atoms with van der Waals surface area (Å²) in [5, 5.41) is 9.04. The van der Waals surface area contributed by atoms with Crippen LogP contribution in [0.5, 0.6) is 0 Å². The van der Waals surface area contributed by atoms with Crippen LogP contribution in [0.15, 0.2) is 22.8 Å². The molecule has 0 aromatic carbocycles. The van der Waals surface area contributed by atoms with E-state index in [4.69, 9.17) is 9.84 Å². The van der Waals surface area contributed by atoms with E-state index in [0.29, 0.717) is 6.61 Å². The first-order valence-electron chi connectivity index (χ1n) is 5.33. The third kappa shape index (κ3) is 3.25. The second-order valence-electron chi connectivity index (χ2n) is 3.88. The van der Waals surface area contributed by atoms with Crippen LogP contribution in [0.2, 0.25) is 0 Å². The highest BCUT2D eigenvalue weighted by atomic mass is 79.9. The van der Waals surface area contributed by atoms with Crippen LogP contribution in [0, 0.1) is 0 Å². The number of hydrogen-bond acceptors (Lipinski definition) is 4. The maximum absolute atomic E-state index is 9.04. The third-order valence-electron chi connectivity index (χ3n) is 2.60. The standard InChI is InChI=1S/C11H15BrN2O2/c12-9-1-2-10(13-5-9)6-14-3-4-16-11(7-14)8-15/h1-2,5,11,15H,3-4,6-8H2. The highest BCUT2D eigenvalue weighted by Crippen LogP contribution is 2.11. The van der Waals surface area contributed by atoms with E-state index in [0.717, 1.165) is 29.8 Å². The fraction of sp³-hybridized carbons (Fsp3) is 0.545. The van der Waals surface area contributed by atoms with E-state index < -0.39 is 0 Å². The van der Waals surface area contributed by atoms with Crippen molar-refractivity contribution in [2.24, 2.45) is 0 Å². The Morgan fingerprint density at radius 2 is 2.44 bits per heavy atom. The fourth-order valence-corrected chi connectivity index (χ4v) is 2.00. The van der Waals surface area contributed by atoms with E-state index >= 15 is 0 Å². The van der Waals surface area contributed by atoms with Crippen LogP contribution in [0.25, 0.3) is 0 Å². The van der Waals surface area contributed by atoms with Gasteiger partial charge in [0.2, 0.25) is 0 Å². The molecule has 5 heteroatoms. The van der Waals surface area contributed by atoms with Crippen molar-refractivity contribution in [2.75, 3.05) is 26.3 Å². The molecule has 4 nitrogen and oxygen atoms in total. The van der Waals surface area contributed by atoms with Gasteiger partial charge in [0.25, 0.3) is 0 Å². The molecule has 0 radical (unpaired) electrons. The van der Waals surface area contributed by atoms with Gasteiger partial charge in [0.05, 0.1) is 25.0 Å². The molecule has 0 saturated carbocycles. The Morgan fingerprint density at radius 3 is 3.12 bits per heavy atom. The zero-order chi connectivity index (χ0) is 11.4. The average molecular weight is 287 g/mol. The van der Waals surface area contributed by atoms with E-state index in [9.17, 15) is 0 Å². The number of rotatable bonds is 3. The van der Waals surface area contributed by atoms with Crippen molar-refractivity contribution in [2.45, 2.75) is 12.6 Å². The molecule has 1 unspecified atom stereocenters. The number of aliphatic hydroxyl groups is 1. The van der Waals surface area contributed by atoms with Gasteiger partial charge in [-0.25, -0.2) is 0 Å². The molecule has 1 aliphatic rings. The lowest BCUT2D eigenvalue weighted by molar-refractivity contribution is -0.0553. The Bertz CT molecular complexity index is 331. The molecule has 0 amide bonds. The van der Waals surface area contributed by atoms with Crippen molar-refractivity contribution in [3.05, 3.63) is 28.5 Å². The number of aliphatic hydroxyl groups excluding tert-OH is 1. The quantitative estimate of drug-likeness (QED) is 0.902. The van der Waals surface area contributed by atoms with Crippen molar-refractivity contribution in [3.8, 4) is 0 Å². The Balaban J connectivity index is 1.91. The maximum Gasteiger partial charge on any atom is 0.0933 e. The van der Waals surface area contributed by atoms with Crippen molar-refractivity contribution in [3.63, 3.8) is 0 Å². The number of nitrogens with zero attached hydrogens (tertiary/aromatic N) is 2. The van der Waals surface area contributed by atoms with Crippen molar-refractivity contribution in [1.29, 1.82) is 0 Å². The molecule has 0 spiro atoms. The predicted octanol–water partition coefficient (Wildman–Crippen LogP) is 1.04. The largest absolute Gasteiger partial charge is 0.394 e. The van der Waals surface area contributed by atoms with E-state index in [-0.39, 0.29) is 12.7 Å². The van der Waals surface area contributed by atoms with Gasteiger partial charge in [0.15, 0.2) is 0 Å². The highest BCUT2D eigenvalue weighted by Gasteiger charge is 2.19. The van der Waals surface area contributed by atoms with Crippen molar-refractivity contribution < 1.29 is 9.84 Å². The summed E-state index contributed by atoms with van der Waals surface area (Å²) in [7, 11) is 0. The minimum atomic E-state index is -0.0517. The minimum Gasteiger partial charge on any atom is -0.394 e. The lowest BCUT2D eigenvalue weighted by atomic mass is 10.2. The molecule has 1 saturated heterocycles. The molecule has 1 atom stereocenters. The summed E-state index contributed by atoms with van der Waals surface area (Å²) >= 11 is 3.36. The first-order chi connectivity index (χ1) is 7.78. The molecule has 2 heterocycles. The summed E-state index contributed by atoms with van der Waals surface area (Å²) in [4.78, 5) is 6.58. The molecule has 1 N–H and O–H groups in total. The van der Waals surface area contributed by atoms with Crippen molar-refractivity contribution >= 4 is 15.9 Å². The molecular weight excluding hydrogens is 272 g/mol. The van der Waals surface area contributed by atoms with Crippen LogP contribution in [-0.4, -0.2) is 47.4 Å². The van der Waals surface area contributed by atoms with Gasteiger partial charge >= 0.3 is 0 Å². The molecule has 2 rings (SSSR count). The first-order valence-corrected chi connectivity index (χ1v) is 6.12. The molecule has 88 valence electrons. The van der Waals surface area contributed by atoms with Crippen LogP contribution in [0.4, 0.5) is 0 Å². The Labute approximate surface area is 103 Å². The van der Waals surface area contributed by atoms with Crippen molar-refractivity contribution in [1.82, 2.24) is 9.88 Å². The number of morpholine rings is 1. The maximum atomic E-state index is 9.04. The summed E-state index contributed by atoms with van der Waals surface area (Å²) in [5.74, 6) is 0. The Hall–Kier alpha value is -0.490. The normalized spacial score (nSPS) is 22.2. The van der Waals surface area contributed by atoms with Gasteiger partial charge in [-0.3, -0.25) is 9.88 Å². The zero-order valence-electron chi connectivity index (χ0n) is 8.97. The molecule has 1 aliphatic heterocycles. The second-order valence-corrected chi connectivity index (χ2v) is 4.79. The van der Waals surface area contributed by atoms with Crippen LogP contribution in [0.3, 0.4) is 0 Å². The van der Waals surface area contributed by atoms with Crippen LogP contribution in [-0.2, 0) is 11.3 Å². The monoisotopic (exact) mass is 286 g/mol. The van der Waals surface area contributed by atoms with E-state index in [2.05, 4.69) is 25.8 Å². The van der Waals surface area contributed by atoms with Gasteiger partial charge in [0, 0.05) is 30.3 Å². The Kier molecular flexibility index (Phi) is 4.29. The van der Waals surface area contributed by atoms with Gasteiger partial charge in [0.1, 0.15) is 0 Å². The van der Waals surface area contributed by atoms with Gasteiger partial charge in [-0.2, -0.15) is 0 Å². The fourth-order valence-electron chi connectivity index (χ4n) is 1.76. The van der Waals surface area contributed by atoms with Crippen LogP contribution < -0.4 is 0 Å². The van der Waals surface area contributed by atoms with Gasteiger partial charge in [-0.05, 0) is 28.1 Å². The molecule has 0 bridgehead atoms. The molecule has 16 heavy (non-hydrogen) atoms. The molecular formula is C11H15BrN2O2. The highest BCUT2D eigenvalue weighted by molar-refractivity contribution is 9.10. The third-order valence-corrected chi connectivity index (χ3v) is 3.07. The van der Waals surface area contributed by atoms with Crippen LogP contribution in [0.1, 0.15) is 5.69 Å². The predicted molar refractivity (Wildman–Crippen MR) is 64.0 cm³/mol. The number of ether oxygens (including phenoxy) is 1. The summed E-state index contributed by atoms with van der Waals surface area (Å²) in [6.45, 7) is 3.25. The second kappa shape index (κ2) is 5.72. The average Bonchev–Trinajstić information content (AvgIpc) is 2.32. The number of halogens is 1. The van der Waals surface area contributed by atoms with Gasteiger partial charge in [-0.1, -0.05) is 0 Å². The molecule has 1 fully saturated rings. The lowest BCUT2D eigenvalue weighted by Gasteiger charge is -2.31. The summed E-state index contributed by atoms with van der Waals surface area (Å²) in [6.07, 6.45) is 1.75. The number of hydrogen-bond donors (Lipinski definition) is 1.